The topological polar surface area (TPSA) is 77.2 Å². The molecule has 0 saturated heterocycles. The maximum absolute atomic E-state index is 11.1. The molecule has 0 unspecified atom stereocenters. The normalized spacial score (nSPS) is 10.1. The number of aromatic carboxylic acids is 1. The first-order chi connectivity index (χ1) is 8.19. The second-order valence-electron chi connectivity index (χ2n) is 3.44. The highest BCUT2D eigenvalue weighted by Crippen LogP contribution is 2.28. The van der Waals surface area contributed by atoms with Crippen LogP contribution < -0.4 is 4.74 Å². The molecule has 2 heterocycles. The Labute approximate surface area is 110 Å². The largest absolute Gasteiger partial charge is 0.492 e. The number of rotatable bonds is 4. The summed E-state index contributed by atoms with van der Waals surface area (Å²) in [7, 11) is 0. The van der Waals surface area contributed by atoms with E-state index in [0.29, 0.717) is 29.9 Å². The summed E-state index contributed by atoms with van der Waals surface area (Å²) >= 11 is 0. The zero-order chi connectivity index (χ0) is 12.4. The van der Waals surface area contributed by atoms with Gasteiger partial charge in [-0.25, -0.2) is 14.5 Å². The zero-order valence-electron chi connectivity index (χ0n) is 10.1. The number of nitrogens with zero attached hydrogens (tertiary/aromatic N) is 3. The number of carboxylic acids is 1. The molecule has 0 bridgehead atoms. The Kier molecular flexibility index (Phi) is 4.49. The molecule has 18 heavy (non-hydrogen) atoms. The number of carbonyl (C=O) groups is 1. The van der Waals surface area contributed by atoms with Crippen LogP contribution >= 0.6 is 12.4 Å². The van der Waals surface area contributed by atoms with E-state index in [2.05, 4.69) is 10.1 Å². The number of fused-ring (bicyclic) bond motifs is 1. The zero-order valence-corrected chi connectivity index (χ0v) is 10.9. The molecule has 6 nitrogen and oxygen atoms in total. The van der Waals surface area contributed by atoms with Crippen LogP contribution in [0, 0.1) is 0 Å². The van der Waals surface area contributed by atoms with Gasteiger partial charge in [-0.15, -0.1) is 12.4 Å². The summed E-state index contributed by atoms with van der Waals surface area (Å²) in [5.41, 5.74) is 0.705. The summed E-state index contributed by atoms with van der Waals surface area (Å²) in [6.45, 7) is 4.83. The number of ether oxygens (including phenoxy) is 1. The fraction of sp³-hybridized carbons (Fsp3) is 0.364. The van der Waals surface area contributed by atoms with Crippen LogP contribution in [0.5, 0.6) is 5.75 Å². The van der Waals surface area contributed by atoms with E-state index in [9.17, 15) is 4.79 Å². The molecule has 0 atom stereocenters. The Morgan fingerprint density at radius 3 is 2.72 bits per heavy atom. The number of hydrogen-bond donors (Lipinski definition) is 1. The first-order valence-electron chi connectivity index (χ1n) is 5.39. The van der Waals surface area contributed by atoms with Crippen LogP contribution in [-0.4, -0.2) is 32.4 Å². The van der Waals surface area contributed by atoms with Crippen molar-refractivity contribution in [3.8, 4) is 5.75 Å². The van der Waals surface area contributed by atoms with E-state index in [1.165, 1.54) is 6.20 Å². The lowest BCUT2D eigenvalue weighted by molar-refractivity contribution is 0.0692. The molecule has 2 aromatic rings. The molecule has 0 saturated carbocycles. The first-order valence-corrected chi connectivity index (χ1v) is 5.39. The molecular formula is C11H14ClN3O3. The maximum atomic E-state index is 11.1. The van der Waals surface area contributed by atoms with Gasteiger partial charge in [0.2, 0.25) is 0 Å². The second-order valence-corrected chi connectivity index (χ2v) is 3.44. The van der Waals surface area contributed by atoms with Crippen LogP contribution in [-0.2, 0) is 6.54 Å². The van der Waals surface area contributed by atoms with Crippen LogP contribution in [0.15, 0.2) is 12.4 Å². The van der Waals surface area contributed by atoms with Crippen molar-refractivity contribution in [1.82, 2.24) is 14.8 Å². The van der Waals surface area contributed by atoms with Crippen molar-refractivity contribution in [2.24, 2.45) is 0 Å². The van der Waals surface area contributed by atoms with Crippen molar-refractivity contribution in [3.05, 3.63) is 18.0 Å². The van der Waals surface area contributed by atoms with Gasteiger partial charge in [0, 0.05) is 12.7 Å². The minimum atomic E-state index is -1.05. The average molecular weight is 272 g/mol. The molecule has 0 aliphatic heterocycles. The monoisotopic (exact) mass is 271 g/mol. The van der Waals surface area contributed by atoms with E-state index in [1.54, 1.807) is 10.9 Å². The predicted molar refractivity (Wildman–Crippen MR) is 68.6 cm³/mol. The molecule has 0 radical (unpaired) electrons. The van der Waals surface area contributed by atoms with E-state index in [-0.39, 0.29) is 18.0 Å². The minimum absolute atomic E-state index is 0. The molecule has 0 amide bonds. The van der Waals surface area contributed by atoms with Crippen LogP contribution in [0.3, 0.4) is 0 Å². The van der Waals surface area contributed by atoms with E-state index < -0.39 is 5.97 Å². The third-order valence-electron chi connectivity index (χ3n) is 2.44. The summed E-state index contributed by atoms with van der Waals surface area (Å²) in [6, 6.07) is 0. The lowest BCUT2D eigenvalue weighted by Gasteiger charge is -2.08. The van der Waals surface area contributed by atoms with Crippen molar-refractivity contribution in [2.45, 2.75) is 20.4 Å². The Morgan fingerprint density at radius 1 is 1.44 bits per heavy atom. The summed E-state index contributed by atoms with van der Waals surface area (Å²) in [6.07, 6.45) is 2.90. The molecule has 2 rings (SSSR count). The van der Waals surface area contributed by atoms with Gasteiger partial charge in [0.15, 0.2) is 5.65 Å². The van der Waals surface area contributed by atoms with Gasteiger partial charge in [0.05, 0.1) is 18.2 Å². The first kappa shape index (κ1) is 14.2. The number of halogens is 1. The van der Waals surface area contributed by atoms with Crippen molar-refractivity contribution in [2.75, 3.05) is 6.61 Å². The molecule has 7 heteroatoms. The highest BCUT2D eigenvalue weighted by molar-refractivity contribution is 5.97. The molecule has 0 aliphatic carbocycles. The van der Waals surface area contributed by atoms with E-state index >= 15 is 0 Å². The second kappa shape index (κ2) is 5.68. The van der Waals surface area contributed by atoms with Crippen LogP contribution in [0.2, 0.25) is 0 Å². The fourth-order valence-corrected chi connectivity index (χ4v) is 1.69. The van der Waals surface area contributed by atoms with Gasteiger partial charge in [-0.2, -0.15) is 5.10 Å². The Morgan fingerprint density at radius 2 is 2.17 bits per heavy atom. The van der Waals surface area contributed by atoms with Gasteiger partial charge in [0.1, 0.15) is 11.3 Å². The summed E-state index contributed by atoms with van der Waals surface area (Å²) in [4.78, 5) is 15.2. The lowest BCUT2D eigenvalue weighted by Crippen LogP contribution is -2.05. The third-order valence-corrected chi connectivity index (χ3v) is 2.44. The molecule has 1 N–H and O–H groups in total. The van der Waals surface area contributed by atoms with Crippen molar-refractivity contribution < 1.29 is 14.6 Å². The quantitative estimate of drug-likeness (QED) is 0.920. The van der Waals surface area contributed by atoms with Crippen molar-refractivity contribution >= 4 is 29.4 Å². The van der Waals surface area contributed by atoms with Crippen LogP contribution in [0.25, 0.3) is 11.0 Å². The molecule has 0 aromatic carbocycles. The summed E-state index contributed by atoms with van der Waals surface area (Å²) < 4.78 is 7.09. The molecule has 0 spiro atoms. The van der Waals surface area contributed by atoms with Gasteiger partial charge < -0.3 is 9.84 Å². The highest BCUT2D eigenvalue weighted by atomic mass is 35.5. The van der Waals surface area contributed by atoms with Gasteiger partial charge in [-0.05, 0) is 13.8 Å². The number of hydrogen-bond acceptors (Lipinski definition) is 4. The minimum Gasteiger partial charge on any atom is -0.492 e. The smallest absolute Gasteiger partial charge is 0.341 e. The fourth-order valence-electron chi connectivity index (χ4n) is 1.69. The van der Waals surface area contributed by atoms with Gasteiger partial charge in [-0.3, -0.25) is 0 Å². The Hall–Kier alpha value is -1.82. The van der Waals surface area contributed by atoms with E-state index in [0.717, 1.165) is 0 Å². The SMILES string of the molecule is CCOc1c(C(=O)O)cnc2c1cnn2CC.Cl. The molecule has 2 aromatic heterocycles. The standard InChI is InChI=1S/C11H13N3O3.ClH/c1-3-14-10-7(6-13-14)9(17-4-2)8(5-12-10)11(15)16;/h5-6H,3-4H2,1-2H3,(H,15,16);1H. The van der Waals surface area contributed by atoms with Gasteiger partial charge in [-0.1, -0.05) is 0 Å². The van der Waals surface area contributed by atoms with Crippen LogP contribution in [0.4, 0.5) is 0 Å². The van der Waals surface area contributed by atoms with Crippen LogP contribution in [0.1, 0.15) is 24.2 Å². The third kappa shape index (κ3) is 2.24. The molecular weight excluding hydrogens is 258 g/mol. The Balaban J connectivity index is 0.00000162. The van der Waals surface area contributed by atoms with E-state index in [1.807, 2.05) is 13.8 Å². The van der Waals surface area contributed by atoms with E-state index in [4.69, 9.17) is 9.84 Å². The highest BCUT2D eigenvalue weighted by Gasteiger charge is 2.18. The van der Waals surface area contributed by atoms with Crippen molar-refractivity contribution in [3.63, 3.8) is 0 Å². The van der Waals surface area contributed by atoms with Crippen molar-refractivity contribution in [1.29, 1.82) is 0 Å². The maximum Gasteiger partial charge on any atom is 0.341 e. The molecule has 98 valence electrons. The van der Waals surface area contributed by atoms with Gasteiger partial charge in [0.25, 0.3) is 0 Å². The number of carboxylic acid groups (broad SMARTS) is 1. The summed E-state index contributed by atoms with van der Waals surface area (Å²) in [5.74, 6) is -0.711. The lowest BCUT2D eigenvalue weighted by atomic mass is 10.2. The predicted octanol–water partition coefficient (Wildman–Crippen LogP) is 1.97. The average Bonchev–Trinajstić information content (AvgIpc) is 2.72. The number of aromatic nitrogens is 3. The number of pyridine rings is 1. The molecule has 0 fully saturated rings. The number of aryl methyl sites for hydroxylation is 1. The van der Waals surface area contributed by atoms with Gasteiger partial charge >= 0.3 is 5.97 Å². The molecule has 0 aliphatic rings. The summed E-state index contributed by atoms with van der Waals surface area (Å²) in [5, 5.41) is 13.8. The Bertz CT molecular complexity index is 568.